The first-order valence-corrected chi connectivity index (χ1v) is 8.22. The fraction of sp³-hybridized carbons (Fsp3) is 0.143. The lowest BCUT2D eigenvalue weighted by atomic mass is 10.0. The monoisotopic (exact) mass is 330 g/mol. The SMILES string of the molecule is Cc1ncc(-c2ccccc2Cc2ncc(-c3ccccc3C)o2)o1. The van der Waals surface area contributed by atoms with Gasteiger partial charge in [0.05, 0.1) is 18.8 Å². The van der Waals surface area contributed by atoms with Gasteiger partial charge in [0.15, 0.2) is 23.3 Å². The van der Waals surface area contributed by atoms with Crippen molar-refractivity contribution in [3.63, 3.8) is 0 Å². The highest BCUT2D eigenvalue weighted by atomic mass is 16.4. The first-order valence-electron chi connectivity index (χ1n) is 8.22. The predicted octanol–water partition coefficient (Wildman–Crippen LogP) is 5.20. The molecule has 25 heavy (non-hydrogen) atoms. The zero-order chi connectivity index (χ0) is 17.2. The molecule has 0 aliphatic carbocycles. The fourth-order valence-electron chi connectivity index (χ4n) is 2.93. The second kappa shape index (κ2) is 6.40. The highest BCUT2D eigenvalue weighted by molar-refractivity contribution is 5.63. The van der Waals surface area contributed by atoms with E-state index in [1.54, 1.807) is 12.4 Å². The number of hydrogen-bond acceptors (Lipinski definition) is 4. The van der Waals surface area contributed by atoms with E-state index in [9.17, 15) is 0 Å². The van der Waals surface area contributed by atoms with Crippen LogP contribution in [0, 0.1) is 13.8 Å². The Kier molecular flexibility index (Phi) is 3.94. The first-order chi connectivity index (χ1) is 12.2. The summed E-state index contributed by atoms with van der Waals surface area (Å²) >= 11 is 0. The first kappa shape index (κ1) is 15.4. The molecule has 4 heteroatoms. The summed E-state index contributed by atoms with van der Waals surface area (Å²) in [5, 5.41) is 0. The van der Waals surface area contributed by atoms with E-state index in [0.717, 1.165) is 28.2 Å². The third-order valence-corrected chi connectivity index (χ3v) is 4.21. The molecule has 124 valence electrons. The van der Waals surface area contributed by atoms with E-state index in [2.05, 4.69) is 29.0 Å². The van der Waals surface area contributed by atoms with Crippen molar-refractivity contribution in [1.82, 2.24) is 9.97 Å². The molecule has 0 radical (unpaired) electrons. The summed E-state index contributed by atoms with van der Waals surface area (Å²) in [6.45, 7) is 3.91. The highest BCUT2D eigenvalue weighted by Crippen LogP contribution is 2.28. The Bertz CT molecular complexity index is 1010. The fourth-order valence-corrected chi connectivity index (χ4v) is 2.93. The molecule has 0 aliphatic heterocycles. The van der Waals surface area contributed by atoms with Crippen molar-refractivity contribution in [2.24, 2.45) is 0 Å². The number of benzene rings is 2. The quantitative estimate of drug-likeness (QED) is 0.516. The number of rotatable bonds is 4. The van der Waals surface area contributed by atoms with E-state index in [0.29, 0.717) is 18.2 Å². The molecule has 0 unspecified atom stereocenters. The minimum atomic E-state index is 0.599. The lowest BCUT2D eigenvalue weighted by Crippen LogP contribution is -1.91. The van der Waals surface area contributed by atoms with Gasteiger partial charge in [-0.05, 0) is 18.1 Å². The Labute approximate surface area is 146 Å². The molecule has 0 atom stereocenters. The molecular formula is C21H18N2O2. The smallest absolute Gasteiger partial charge is 0.199 e. The van der Waals surface area contributed by atoms with Gasteiger partial charge < -0.3 is 8.83 Å². The van der Waals surface area contributed by atoms with Gasteiger partial charge in [0.2, 0.25) is 0 Å². The van der Waals surface area contributed by atoms with Gasteiger partial charge in [-0.1, -0.05) is 48.5 Å². The van der Waals surface area contributed by atoms with Crippen LogP contribution in [-0.4, -0.2) is 9.97 Å². The average molecular weight is 330 g/mol. The molecule has 2 aromatic carbocycles. The van der Waals surface area contributed by atoms with Gasteiger partial charge in [0.25, 0.3) is 0 Å². The van der Waals surface area contributed by atoms with E-state index in [-0.39, 0.29) is 0 Å². The van der Waals surface area contributed by atoms with Crippen LogP contribution in [0.1, 0.15) is 22.9 Å². The molecular weight excluding hydrogens is 312 g/mol. The Hall–Kier alpha value is -3.14. The van der Waals surface area contributed by atoms with E-state index in [4.69, 9.17) is 8.83 Å². The van der Waals surface area contributed by atoms with Gasteiger partial charge in [-0.25, -0.2) is 9.97 Å². The van der Waals surface area contributed by atoms with Gasteiger partial charge in [-0.3, -0.25) is 0 Å². The van der Waals surface area contributed by atoms with Gasteiger partial charge >= 0.3 is 0 Å². The lowest BCUT2D eigenvalue weighted by Gasteiger charge is -2.05. The van der Waals surface area contributed by atoms with Crippen LogP contribution in [0.3, 0.4) is 0 Å². The Balaban J connectivity index is 1.65. The van der Waals surface area contributed by atoms with Crippen molar-refractivity contribution < 1.29 is 8.83 Å². The summed E-state index contributed by atoms with van der Waals surface area (Å²) in [5.74, 6) is 2.89. The lowest BCUT2D eigenvalue weighted by molar-refractivity contribution is 0.517. The minimum absolute atomic E-state index is 0.599. The van der Waals surface area contributed by atoms with Crippen LogP contribution in [0.15, 0.2) is 69.8 Å². The molecule has 0 spiro atoms. The molecule has 4 aromatic rings. The van der Waals surface area contributed by atoms with Crippen LogP contribution in [0.25, 0.3) is 22.6 Å². The van der Waals surface area contributed by atoms with E-state index in [1.807, 2.05) is 43.3 Å². The largest absolute Gasteiger partial charge is 0.441 e. The minimum Gasteiger partial charge on any atom is -0.441 e. The molecule has 0 saturated carbocycles. The molecule has 0 aliphatic rings. The molecule has 0 saturated heterocycles. The van der Waals surface area contributed by atoms with Gasteiger partial charge in [-0.2, -0.15) is 0 Å². The van der Waals surface area contributed by atoms with Gasteiger partial charge in [0.1, 0.15) is 0 Å². The topological polar surface area (TPSA) is 52.1 Å². The molecule has 4 rings (SSSR count). The van der Waals surface area contributed by atoms with Crippen LogP contribution < -0.4 is 0 Å². The van der Waals surface area contributed by atoms with Crippen LogP contribution in [0.4, 0.5) is 0 Å². The van der Waals surface area contributed by atoms with Gasteiger partial charge in [0, 0.05) is 18.1 Å². The van der Waals surface area contributed by atoms with Crippen molar-refractivity contribution in [2.75, 3.05) is 0 Å². The standard InChI is InChI=1S/C21H18N2O2/c1-14-7-3-5-9-17(14)19-13-23-21(25-19)11-16-8-4-6-10-18(16)20-12-22-15(2)24-20/h3-10,12-13H,11H2,1-2H3. The summed E-state index contributed by atoms with van der Waals surface area (Å²) in [6.07, 6.45) is 4.14. The molecule has 0 bridgehead atoms. The second-order valence-electron chi connectivity index (χ2n) is 6.01. The van der Waals surface area contributed by atoms with Gasteiger partial charge in [-0.15, -0.1) is 0 Å². The Morgan fingerprint density at radius 2 is 1.44 bits per heavy atom. The Morgan fingerprint density at radius 1 is 0.760 bits per heavy atom. The molecule has 2 heterocycles. The zero-order valence-electron chi connectivity index (χ0n) is 14.2. The normalized spacial score (nSPS) is 11.0. The van der Waals surface area contributed by atoms with E-state index in [1.165, 1.54) is 5.56 Å². The third-order valence-electron chi connectivity index (χ3n) is 4.21. The Morgan fingerprint density at radius 3 is 2.20 bits per heavy atom. The van der Waals surface area contributed by atoms with Crippen molar-refractivity contribution in [3.05, 3.63) is 83.8 Å². The molecule has 0 amide bonds. The third kappa shape index (κ3) is 3.11. The van der Waals surface area contributed by atoms with Crippen LogP contribution >= 0.6 is 0 Å². The summed E-state index contributed by atoms with van der Waals surface area (Å²) in [5.41, 5.74) is 4.35. The maximum Gasteiger partial charge on any atom is 0.199 e. The summed E-state index contributed by atoms with van der Waals surface area (Å²) in [7, 11) is 0. The zero-order valence-corrected chi connectivity index (χ0v) is 14.2. The average Bonchev–Trinajstić information content (AvgIpc) is 3.25. The maximum absolute atomic E-state index is 5.99. The van der Waals surface area contributed by atoms with Crippen molar-refractivity contribution >= 4 is 0 Å². The summed E-state index contributed by atoms with van der Waals surface area (Å²) in [4.78, 5) is 8.64. The predicted molar refractivity (Wildman–Crippen MR) is 96.2 cm³/mol. The second-order valence-corrected chi connectivity index (χ2v) is 6.01. The van der Waals surface area contributed by atoms with Crippen LogP contribution in [0.2, 0.25) is 0 Å². The van der Waals surface area contributed by atoms with Crippen molar-refractivity contribution in [1.29, 1.82) is 0 Å². The number of oxazole rings is 2. The van der Waals surface area contributed by atoms with E-state index < -0.39 is 0 Å². The van der Waals surface area contributed by atoms with E-state index >= 15 is 0 Å². The highest BCUT2D eigenvalue weighted by Gasteiger charge is 2.13. The van der Waals surface area contributed by atoms with Crippen molar-refractivity contribution in [3.8, 4) is 22.6 Å². The molecule has 2 aromatic heterocycles. The number of hydrogen-bond donors (Lipinski definition) is 0. The maximum atomic E-state index is 5.99. The van der Waals surface area contributed by atoms with Crippen molar-refractivity contribution in [2.45, 2.75) is 20.3 Å². The summed E-state index contributed by atoms with van der Waals surface area (Å²) in [6, 6.07) is 16.2. The molecule has 0 fully saturated rings. The number of nitrogens with zero attached hydrogens (tertiary/aromatic N) is 2. The van der Waals surface area contributed by atoms with Crippen LogP contribution in [-0.2, 0) is 6.42 Å². The molecule has 4 nitrogen and oxygen atoms in total. The van der Waals surface area contributed by atoms with Crippen LogP contribution in [0.5, 0.6) is 0 Å². The number of aryl methyl sites for hydroxylation is 2. The summed E-state index contributed by atoms with van der Waals surface area (Å²) < 4.78 is 11.7. The molecule has 0 N–H and O–H groups in total. The number of aromatic nitrogens is 2.